The molecule has 0 aliphatic heterocycles. The Morgan fingerprint density at radius 2 is 1.86 bits per heavy atom. The van der Waals surface area contributed by atoms with Gasteiger partial charge in [0, 0.05) is 5.02 Å². The predicted molar refractivity (Wildman–Crippen MR) is 77.9 cm³/mol. The smallest absolute Gasteiger partial charge is 0.416 e. The lowest BCUT2D eigenvalue weighted by Crippen LogP contribution is -2.04. The maximum Gasteiger partial charge on any atom is 0.416 e. The zero-order valence-electron chi connectivity index (χ0n) is 11.1. The highest BCUT2D eigenvalue weighted by atomic mass is 35.5. The number of alkyl halides is 3. The van der Waals surface area contributed by atoms with Crippen molar-refractivity contribution < 1.29 is 23.1 Å². The molecule has 1 N–H and O–H groups in total. The van der Waals surface area contributed by atoms with Gasteiger partial charge in [-0.05, 0) is 42.0 Å². The van der Waals surface area contributed by atoms with E-state index in [1.807, 2.05) is 0 Å². The van der Waals surface area contributed by atoms with E-state index in [1.165, 1.54) is 36.4 Å². The Bertz CT molecular complexity index is 736. The second-order valence-electron chi connectivity index (χ2n) is 4.48. The van der Waals surface area contributed by atoms with Gasteiger partial charge in [0.2, 0.25) is 0 Å². The van der Waals surface area contributed by atoms with Crippen LogP contribution in [0.4, 0.5) is 13.2 Å². The van der Waals surface area contributed by atoms with E-state index >= 15 is 0 Å². The van der Waals surface area contributed by atoms with E-state index < -0.39 is 17.5 Å². The number of aromatic hydroxyl groups is 1. The molecule has 0 heterocycles. The average Bonchev–Trinajstić information content (AvgIpc) is 2.47. The van der Waals surface area contributed by atoms with Gasteiger partial charge < -0.3 is 5.11 Å². The van der Waals surface area contributed by atoms with Gasteiger partial charge in [-0.3, -0.25) is 4.79 Å². The van der Waals surface area contributed by atoms with Gasteiger partial charge in [-0.1, -0.05) is 29.8 Å². The summed E-state index contributed by atoms with van der Waals surface area (Å²) in [5.74, 6) is -0.805. The molecule has 0 fully saturated rings. The Morgan fingerprint density at radius 1 is 1.14 bits per heavy atom. The van der Waals surface area contributed by atoms with Gasteiger partial charge in [-0.2, -0.15) is 13.2 Å². The second kappa shape index (κ2) is 6.23. The van der Waals surface area contributed by atoms with Crippen LogP contribution in [0.2, 0.25) is 5.02 Å². The average molecular weight is 327 g/mol. The van der Waals surface area contributed by atoms with Gasteiger partial charge in [-0.15, -0.1) is 0 Å². The van der Waals surface area contributed by atoms with E-state index in [9.17, 15) is 23.1 Å². The lowest BCUT2D eigenvalue weighted by molar-refractivity contribution is -0.137. The normalized spacial score (nSPS) is 11.8. The number of carbonyl (C=O) groups is 1. The molecule has 2 rings (SSSR count). The van der Waals surface area contributed by atoms with Crippen molar-refractivity contribution in [2.75, 3.05) is 0 Å². The molecule has 0 unspecified atom stereocenters. The molecule has 2 nitrogen and oxygen atoms in total. The summed E-state index contributed by atoms with van der Waals surface area (Å²) < 4.78 is 37.8. The Labute approximate surface area is 129 Å². The van der Waals surface area contributed by atoms with Crippen LogP contribution in [0.15, 0.2) is 48.5 Å². The molecule has 0 spiro atoms. The summed E-state index contributed by atoms with van der Waals surface area (Å²) in [6.45, 7) is 0. The van der Waals surface area contributed by atoms with Crippen molar-refractivity contribution in [3.05, 3.63) is 70.3 Å². The third kappa shape index (κ3) is 3.89. The molecule has 6 heteroatoms. The summed E-state index contributed by atoms with van der Waals surface area (Å²) in [7, 11) is 0. The number of benzene rings is 2. The Hall–Kier alpha value is -2.27. The fourth-order valence-corrected chi connectivity index (χ4v) is 1.96. The van der Waals surface area contributed by atoms with Crippen LogP contribution in [0.3, 0.4) is 0 Å². The fraction of sp³-hybridized carbons (Fsp3) is 0.0625. The first-order valence-electron chi connectivity index (χ1n) is 6.15. The molecule has 0 aliphatic carbocycles. The summed E-state index contributed by atoms with van der Waals surface area (Å²) in [4.78, 5) is 11.9. The number of phenols is 1. The number of ketones is 1. The van der Waals surface area contributed by atoms with Crippen molar-refractivity contribution >= 4 is 23.5 Å². The summed E-state index contributed by atoms with van der Waals surface area (Å²) in [5.41, 5.74) is -0.590. The van der Waals surface area contributed by atoms with Crippen molar-refractivity contribution in [1.29, 1.82) is 0 Å². The molecular weight excluding hydrogens is 317 g/mol. The minimum absolute atomic E-state index is 0.0178. The lowest BCUT2D eigenvalue weighted by Gasteiger charge is -2.06. The van der Waals surface area contributed by atoms with Crippen LogP contribution in [-0.4, -0.2) is 10.9 Å². The lowest BCUT2D eigenvalue weighted by atomic mass is 10.1. The monoisotopic (exact) mass is 326 g/mol. The highest BCUT2D eigenvalue weighted by molar-refractivity contribution is 6.31. The molecule has 0 radical (unpaired) electrons. The van der Waals surface area contributed by atoms with Crippen molar-refractivity contribution in [3.8, 4) is 5.75 Å². The number of carbonyl (C=O) groups excluding carboxylic acids is 1. The standard InChI is InChI=1S/C16H10ClF3O2/c17-12-5-7-15(22)13(9-12)14(21)6-4-10-2-1-3-11(8-10)16(18,19)20/h1-9,22H/b6-4+. The molecule has 0 bridgehead atoms. The third-order valence-corrected chi connectivity index (χ3v) is 3.10. The number of rotatable bonds is 3. The van der Waals surface area contributed by atoms with Gasteiger partial charge in [0.15, 0.2) is 5.78 Å². The topological polar surface area (TPSA) is 37.3 Å². The molecule has 22 heavy (non-hydrogen) atoms. The molecule has 0 saturated heterocycles. The van der Waals surface area contributed by atoms with E-state index in [0.717, 1.165) is 18.2 Å². The quantitative estimate of drug-likeness (QED) is 0.639. The van der Waals surface area contributed by atoms with Crippen LogP contribution >= 0.6 is 11.6 Å². The highest BCUT2D eigenvalue weighted by Gasteiger charge is 2.30. The SMILES string of the molecule is O=C(/C=C/c1cccc(C(F)(F)F)c1)c1cc(Cl)ccc1O. The van der Waals surface area contributed by atoms with Crippen LogP contribution in [0.25, 0.3) is 6.08 Å². The first kappa shape index (κ1) is 16.1. The number of phenolic OH excluding ortho intramolecular Hbond substituents is 1. The molecular formula is C16H10ClF3O2. The Balaban J connectivity index is 2.25. The van der Waals surface area contributed by atoms with E-state index in [2.05, 4.69) is 0 Å². The van der Waals surface area contributed by atoms with Crippen LogP contribution in [-0.2, 0) is 6.18 Å². The largest absolute Gasteiger partial charge is 0.507 e. The minimum atomic E-state index is -4.45. The van der Waals surface area contributed by atoms with Gasteiger partial charge in [0.1, 0.15) is 5.75 Å². The Morgan fingerprint density at radius 3 is 2.55 bits per heavy atom. The fourth-order valence-electron chi connectivity index (χ4n) is 1.79. The van der Waals surface area contributed by atoms with Gasteiger partial charge in [-0.25, -0.2) is 0 Å². The van der Waals surface area contributed by atoms with Gasteiger partial charge >= 0.3 is 6.18 Å². The van der Waals surface area contributed by atoms with Crippen molar-refractivity contribution in [3.63, 3.8) is 0 Å². The van der Waals surface area contributed by atoms with Crippen LogP contribution in [0.5, 0.6) is 5.75 Å². The van der Waals surface area contributed by atoms with Gasteiger partial charge in [0.25, 0.3) is 0 Å². The molecule has 2 aromatic carbocycles. The second-order valence-corrected chi connectivity index (χ2v) is 4.92. The van der Waals surface area contributed by atoms with Gasteiger partial charge in [0.05, 0.1) is 11.1 Å². The summed E-state index contributed by atoms with van der Waals surface area (Å²) in [5, 5.41) is 9.86. The highest BCUT2D eigenvalue weighted by Crippen LogP contribution is 2.30. The third-order valence-electron chi connectivity index (χ3n) is 2.87. The molecule has 0 amide bonds. The summed E-state index contributed by atoms with van der Waals surface area (Å²) in [6.07, 6.45) is -2.11. The molecule has 0 atom stereocenters. The molecule has 0 aliphatic rings. The van der Waals surface area contributed by atoms with Crippen molar-refractivity contribution in [2.24, 2.45) is 0 Å². The minimum Gasteiger partial charge on any atom is -0.507 e. The first-order valence-corrected chi connectivity index (χ1v) is 6.53. The molecule has 2 aromatic rings. The zero-order chi connectivity index (χ0) is 16.3. The molecule has 0 saturated carbocycles. The first-order chi connectivity index (χ1) is 10.3. The summed E-state index contributed by atoms with van der Waals surface area (Å²) in [6, 6.07) is 8.55. The molecule has 0 aromatic heterocycles. The van der Waals surface area contributed by atoms with E-state index in [-0.39, 0.29) is 21.9 Å². The van der Waals surface area contributed by atoms with E-state index in [0.29, 0.717) is 0 Å². The van der Waals surface area contributed by atoms with Crippen molar-refractivity contribution in [2.45, 2.75) is 6.18 Å². The predicted octanol–water partition coefficient (Wildman–Crippen LogP) is 4.96. The number of allylic oxidation sites excluding steroid dienone is 1. The van der Waals surface area contributed by atoms with Crippen molar-refractivity contribution in [1.82, 2.24) is 0 Å². The maximum absolute atomic E-state index is 12.6. The number of hydrogen-bond acceptors (Lipinski definition) is 2. The van der Waals surface area contributed by atoms with Crippen LogP contribution < -0.4 is 0 Å². The molecule has 114 valence electrons. The number of hydrogen-bond donors (Lipinski definition) is 1. The van der Waals surface area contributed by atoms with Crippen LogP contribution in [0.1, 0.15) is 21.5 Å². The van der Waals surface area contributed by atoms with Crippen LogP contribution in [0, 0.1) is 0 Å². The Kier molecular flexibility index (Phi) is 4.56. The zero-order valence-corrected chi connectivity index (χ0v) is 11.8. The maximum atomic E-state index is 12.6. The summed E-state index contributed by atoms with van der Waals surface area (Å²) >= 11 is 5.74. The van der Waals surface area contributed by atoms with E-state index in [4.69, 9.17) is 11.6 Å². The van der Waals surface area contributed by atoms with E-state index in [1.54, 1.807) is 0 Å². The number of halogens is 4.